The molecule has 0 aliphatic carbocycles. The molecule has 0 aliphatic rings. The van der Waals surface area contributed by atoms with Crippen LogP contribution in [0.2, 0.25) is 0 Å². The number of nitrogens with one attached hydrogen (secondary N) is 3. The summed E-state index contributed by atoms with van der Waals surface area (Å²) in [5.74, 6) is -1.33. The van der Waals surface area contributed by atoms with Gasteiger partial charge in [-0.25, -0.2) is 4.79 Å². The molecular formula is C27H39N5O4. The van der Waals surface area contributed by atoms with Gasteiger partial charge in [-0.3, -0.25) is 14.5 Å². The van der Waals surface area contributed by atoms with E-state index in [4.69, 9.17) is 5.73 Å². The summed E-state index contributed by atoms with van der Waals surface area (Å²) >= 11 is 0. The molecule has 0 fully saturated rings. The highest BCUT2D eigenvalue weighted by molar-refractivity contribution is 5.96. The highest BCUT2D eigenvalue weighted by Gasteiger charge is 2.29. The van der Waals surface area contributed by atoms with E-state index >= 15 is 0 Å². The molecule has 0 aliphatic heterocycles. The van der Waals surface area contributed by atoms with Crippen LogP contribution in [0.1, 0.15) is 32.8 Å². The fourth-order valence-electron chi connectivity index (χ4n) is 3.60. The van der Waals surface area contributed by atoms with E-state index < -0.39 is 36.0 Å². The topological polar surface area (TPSA) is 137 Å². The van der Waals surface area contributed by atoms with E-state index in [-0.39, 0.29) is 18.4 Å². The van der Waals surface area contributed by atoms with Crippen LogP contribution >= 0.6 is 0 Å². The Balaban J connectivity index is 2.15. The van der Waals surface area contributed by atoms with E-state index in [0.29, 0.717) is 18.7 Å². The van der Waals surface area contributed by atoms with Crippen LogP contribution in [0.3, 0.4) is 0 Å². The summed E-state index contributed by atoms with van der Waals surface area (Å²) in [6.45, 7) is 7.19. The van der Waals surface area contributed by atoms with Crippen LogP contribution in [0.15, 0.2) is 60.7 Å². The number of hydrogen-bond donors (Lipinski definition) is 5. The largest absolute Gasteiger partial charge is 0.390 e. The lowest BCUT2D eigenvalue weighted by Gasteiger charge is -2.29. The molecule has 0 aromatic heterocycles. The van der Waals surface area contributed by atoms with Crippen molar-refractivity contribution >= 4 is 23.5 Å². The Kier molecular flexibility index (Phi) is 10.9. The Morgan fingerprint density at radius 3 is 2.11 bits per heavy atom. The van der Waals surface area contributed by atoms with Gasteiger partial charge in [0.05, 0.1) is 18.6 Å². The van der Waals surface area contributed by atoms with Crippen LogP contribution in [0, 0.1) is 5.41 Å². The number of aliphatic hydroxyl groups excluding tert-OH is 1. The number of anilines is 1. The van der Waals surface area contributed by atoms with Crippen molar-refractivity contribution in [2.24, 2.45) is 11.1 Å². The molecular weight excluding hydrogens is 458 g/mol. The fraction of sp³-hybridized carbons (Fsp3) is 0.444. The molecule has 3 unspecified atom stereocenters. The molecule has 2 rings (SSSR count). The van der Waals surface area contributed by atoms with Gasteiger partial charge in [0, 0.05) is 25.8 Å². The number of hydrogen-bond acceptors (Lipinski definition) is 5. The van der Waals surface area contributed by atoms with Crippen molar-refractivity contribution in [1.82, 2.24) is 16.0 Å². The molecule has 0 radical (unpaired) electrons. The first-order valence-electron chi connectivity index (χ1n) is 12.1. The molecule has 9 heteroatoms. The first-order valence-corrected chi connectivity index (χ1v) is 12.1. The third-order valence-electron chi connectivity index (χ3n) is 5.57. The predicted molar refractivity (Wildman–Crippen MR) is 141 cm³/mol. The third kappa shape index (κ3) is 10.1. The SMILES string of the molecule is CN(C(=O)NC(CC(N)=O)C(=O)NC(Cc1ccccc1)C(O)CNCC(C)(C)C)c1ccccc1. The van der Waals surface area contributed by atoms with Crippen LogP contribution in [-0.2, 0) is 16.0 Å². The number of amides is 4. The lowest BCUT2D eigenvalue weighted by molar-refractivity contribution is -0.128. The smallest absolute Gasteiger partial charge is 0.322 e. The Morgan fingerprint density at radius 2 is 1.56 bits per heavy atom. The van der Waals surface area contributed by atoms with Gasteiger partial charge in [0.15, 0.2) is 0 Å². The molecule has 6 N–H and O–H groups in total. The molecule has 0 saturated heterocycles. The molecule has 9 nitrogen and oxygen atoms in total. The molecule has 0 heterocycles. The summed E-state index contributed by atoms with van der Waals surface area (Å²) in [4.78, 5) is 39.1. The van der Waals surface area contributed by atoms with Crippen LogP contribution in [0.5, 0.6) is 0 Å². The monoisotopic (exact) mass is 497 g/mol. The Hall–Kier alpha value is -3.43. The zero-order valence-corrected chi connectivity index (χ0v) is 21.5. The fourth-order valence-corrected chi connectivity index (χ4v) is 3.60. The van der Waals surface area contributed by atoms with Crippen LogP contribution < -0.4 is 26.6 Å². The minimum Gasteiger partial charge on any atom is -0.390 e. The first kappa shape index (κ1) is 28.8. The van der Waals surface area contributed by atoms with Gasteiger partial charge in [-0.05, 0) is 29.5 Å². The van der Waals surface area contributed by atoms with Crippen LogP contribution in [-0.4, -0.2) is 61.3 Å². The van der Waals surface area contributed by atoms with E-state index in [9.17, 15) is 19.5 Å². The van der Waals surface area contributed by atoms with Crippen molar-refractivity contribution in [3.63, 3.8) is 0 Å². The zero-order valence-electron chi connectivity index (χ0n) is 21.5. The van der Waals surface area contributed by atoms with E-state index in [0.717, 1.165) is 5.56 Å². The van der Waals surface area contributed by atoms with Gasteiger partial charge in [-0.15, -0.1) is 0 Å². The lowest BCUT2D eigenvalue weighted by atomic mass is 9.96. The number of carbonyl (C=O) groups excluding carboxylic acids is 3. The molecule has 36 heavy (non-hydrogen) atoms. The van der Waals surface area contributed by atoms with Crippen molar-refractivity contribution in [1.29, 1.82) is 0 Å². The predicted octanol–water partition coefficient (Wildman–Crippen LogP) is 1.80. The molecule has 0 saturated carbocycles. The van der Waals surface area contributed by atoms with E-state index in [1.807, 2.05) is 36.4 Å². The highest BCUT2D eigenvalue weighted by Crippen LogP contribution is 2.13. The summed E-state index contributed by atoms with van der Waals surface area (Å²) < 4.78 is 0. The Morgan fingerprint density at radius 1 is 0.972 bits per heavy atom. The van der Waals surface area contributed by atoms with E-state index in [2.05, 4.69) is 36.7 Å². The zero-order chi connectivity index (χ0) is 26.7. The Labute approximate surface area is 213 Å². The number of aliphatic hydroxyl groups is 1. The lowest BCUT2D eigenvalue weighted by Crippen LogP contribution is -2.57. The van der Waals surface area contributed by atoms with Gasteiger partial charge >= 0.3 is 6.03 Å². The molecule has 3 atom stereocenters. The van der Waals surface area contributed by atoms with Gasteiger partial charge in [0.25, 0.3) is 0 Å². The average Bonchev–Trinajstić information content (AvgIpc) is 2.82. The average molecular weight is 498 g/mol. The molecule has 2 aromatic carbocycles. The molecule has 196 valence electrons. The summed E-state index contributed by atoms with van der Waals surface area (Å²) in [6, 6.07) is 16.0. The van der Waals surface area contributed by atoms with E-state index in [1.54, 1.807) is 31.3 Å². The number of nitrogens with zero attached hydrogens (tertiary/aromatic N) is 1. The van der Waals surface area contributed by atoms with Crippen molar-refractivity contribution < 1.29 is 19.5 Å². The number of urea groups is 1. The summed E-state index contributed by atoms with van der Waals surface area (Å²) in [6.07, 6.45) is -0.920. The summed E-state index contributed by atoms with van der Waals surface area (Å²) in [5.41, 5.74) is 6.95. The van der Waals surface area contributed by atoms with Gasteiger partial charge in [-0.1, -0.05) is 69.3 Å². The second-order valence-electron chi connectivity index (χ2n) is 10.1. The highest BCUT2D eigenvalue weighted by atomic mass is 16.3. The summed E-state index contributed by atoms with van der Waals surface area (Å²) in [7, 11) is 1.56. The number of carbonyl (C=O) groups is 3. The number of benzene rings is 2. The Bertz CT molecular complexity index is 979. The number of para-hydroxylation sites is 1. The van der Waals surface area contributed by atoms with Crippen molar-refractivity contribution in [2.75, 3.05) is 25.0 Å². The van der Waals surface area contributed by atoms with Gasteiger partial charge in [0.1, 0.15) is 6.04 Å². The standard InChI is InChI=1S/C27H39N5O4/c1-27(2,3)18-29-17-23(33)21(15-19-11-7-5-8-12-19)30-25(35)22(16-24(28)34)31-26(36)32(4)20-13-9-6-10-14-20/h5-14,21-23,29,33H,15-18H2,1-4H3,(H2,28,34)(H,30,35)(H,31,36). The molecule has 0 spiro atoms. The van der Waals surface area contributed by atoms with Crippen molar-refractivity contribution in [3.05, 3.63) is 66.2 Å². The molecule has 2 aromatic rings. The van der Waals surface area contributed by atoms with Gasteiger partial charge in [0.2, 0.25) is 11.8 Å². The van der Waals surface area contributed by atoms with Gasteiger partial charge < -0.3 is 26.8 Å². The molecule has 0 bridgehead atoms. The number of primary amides is 1. The normalized spacial score (nSPS) is 13.8. The van der Waals surface area contributed by atoms with Crippen molar-refractivity contribution in [3.8, 4) is 0 Å². The van der Waals surface area contributed by atoms with E-state index in [1.165, 1.54) is 4.90 Å². The van der Waals surface area contributed by atoms with Crippen molar-refractivity contribution in [2.45, 2.75) is 51.8 Å². The third-order valence-corrected chi connectivity index (χ3v) is 5.57. The summed E-state index contributed by atoms with van der Waals surface area (Å²) in [5, 5.41) is 19.6. The molecule has 4 amide bonds. The van der Waals surface area contributed by atoms with Crippen LogP contribution in [0.4, 0.5) is 10.5 Å². The minimum atomic E-state index is -1.20. The second-order valence-corrected chi connectivity index (χ2v) is 10.1. The quantitative estimate of drug-likeness (QED) is 0.305. The first-order chi connectivity index (χ1) is 17.0. The van der Waals surface area contributed by atoms with Gasteiger partial charge in [-0.2, -0.15) is 0 Å². The van der Waals surface area contributed by atoms with Crippen LogP contribution in [0.25, 0.3) is 0 Å². The number of rotatable bonds is 12. The maximum absolute atomic E-state index is 13.2. The maximum atomic E-state index is 13.2. The minimum absolute atomic E-state index is 0.0273. The second kappa shape index (κ2) is 13.6. The maximum Gasteiger partial charge on any atom is 0.322 e. The number of nitrogens with two attached hydrogens (primary N) is 1.